The lowest BCUT2D eigenvalue weighted by Gasteiger charge is -2.16. The Hall–Kier alpha value is -1.72. The lowest BCUT2D eigenvalue weighted by Crippen LogP contribution is -2.37. The third-order valence-electron chi connectivity index (χ3n) is 3.22. The third kappa shape index (κ3) is 5.65. The quantitative estimate of drug-likeness (QED) is 0.646. The normalized spacial score (nSPS) is 13.9. The second-order valence-electron chi connectivity index (χ2n) is 4.84. The number of hydrogen-bond acceptors (Lipinski definition) is 1. The summed E-state index contributed by atoms with van der Waals surface area (Å²) in [5.74, 6) is 0.744. The molecule has 1 rings (SSSR count). The van der Waals surface area contributed by atoms with E-state index in [1.54, 1.807) is 13.1 Å². The molecule has 6 heteroatoms. The molecule has 0 aromatic heterocycles. The molecule has 1 aromatic rings. The van der Waals surface area contributed by atoms with Crippen LogP contribution in [0.2, 0.25) is 0 Å². The first-order valence-electron chi connectivity index (χ1n) is 7.00. The van der Waals surface area contributed by atoms with Crippen LogP contribution in [0.5, 0.6) is 0 Å². The maximum absolute atomic E-state index is 12.7. The van der Waals surface area contributed by atoms with Crippen molar-refractivity contribution >= 4 is 5.96 Å². The predicted octanol–water partition coefficient (Wildman–Crippen LogP) is 3.38. The number of halogens is 3. The zero-order valence-corrected chi connectivity index (χ0v) is 12.6. The van der Waals surface area contributed by atoms with Crippen LogP contribution in [-0.2, 0) is 6.18 Å². The van der Waals surface area contributed by atoms with Crippen LogP contribution in [0.3, 0.4) is 0 Å². The Balaban J connectivity index is 2.58. The Morgan fingerprint density at radius 3 is 2.57 bits per heavy atom. The van der Waals surface area contributed by atoms with Crippen molar-refractivity contribution in [1.82, 2.24) is 10.6 Å². The van der Waals surface area contributed by atoms with Crippen molar-refractivity contribution in [3.8, 4) is 0 Å². The fourth-order valence-electron chi connectivity index (χ4n) is 1.98. The first-order chi connectivity index (χ1) is 9.88. The van der Waals surface area contributed by atoms with E-state index in [0.29, 0.717) is 18.1 Å². The van der Waals surface area contributed by atoms with Gasteiger partial charge >= 0.3 is 6.18 Å². The number of alkyl halides is 3. The van der Waals surface area contributed by atoms with E-state index in [1.807, 2.05) is 13.8 Å². The molecule has 2 N–H and O–H groups in total. The molecule has 0 heterocycles. The molecule has 1 aromatic carbocycles. The van der Waals surface area contributed by atoms with Crippen molar-refractivity contribution in [3.05, 3.63) is 35.4 Å². The van der Waals surface area contributed by atoms with E-state index < -0.39 is 11.7 Å². The fraction of sp³-hybridized carbons (Fsp3) is 0.533. The minimum absolute atomic E-state index is 0.0412. The van der Waals surface area contributed by atoms with Crippen molar-refractivity contribution in [2.75, 3.05) is 20.1 Å². The summed E-state index contributed by atoms with van der Waals surface area (Å²) in [6.07, 6.45) is -3.56. The van der Waals surface area contributed by atoms with Crippen LogP contribution in [0.25, 0.3) is 0 Å². The molecule has 0 bridgehead atoms. The molecule has 3 nitrogen and oxygen atoms in total. The zero-order valence-electron chi connectivity index (χ0n) is 12.6. The van der Waals surface area contributed by atoms with Gasteiger partial charge in [-0.2, -0.15) is 13.2 Å². The number of guanidine groups is 1. The van der Waals surface area contributed by atoms with E-state index >= 15 is 0 Å². The number of hydrogen-bond donors (Lipinski definition) is 2. The highest BCUT2D eigenvalue weighted by molar-refractivity contribution is 5.79. The molecule has 21 heavy (non-hydrogen) atoms. The van der Waals surface area contributed by atoms with Crippen LogP contribution in [0.1, 0.15) is 37.3 Å². The molecule has 0 spiro atoms. The molecule has 0 saturated carbocycles. The summed E-state index contributed by atoms with van der Waals surface area (Å²) in [6.45, 7) is 5.31. The van der Waals surface area contributed by atoms with E-state index in [2.05, 4.69) is 15.6 Å². The van der Waals surface area contributed by atoms with Gasteiger partial charge in [0, 0.05) is 20.1 Å². The summed E-state index contributed by atoms with van der Waals surface area (Å²) < 4.78 is 38.1. The minimum atomic E-state index is -4.29. The van der Waals surface area contributed by atoms with E-state index in [4.69, 9.17) is 0 Å². The lowest BCUT2D eigenvalue weighted by molar-refractivity contribution is -0.137. The number of aliphatic imine (C=N–C) groups is 1. The number of rotatable bonds is 5. The largest absolute Gasteiger partial charge is 0.416 e. The second kappa shape index (κ2) is 7.90. The van der Waals surface area contributed by atoms with Crippen LogP contribution < -0.4 is 10.6 Å². The van der Waals surface area contributed by atoms with Crippen molar-refractivity contribution in [2.45, 2.75) is 32.4 Å². The van der Waals surface area contributed by atoms with Gasteiger partial charge in [0.1, 0.15) is 0 Å². The van der Waals surface area contributed by atoms with Crippen molar-refractivity contribution in [2.24, 2.45) is 4.99 Å². The number of benzene rings is 1. The average molecular weight is 301 g/mol. The monoisotopic (exact) mass is 301 g/mol. The summed E-state index contributed by atoms with van der Waals surface area (Å²) >= 11 is 0. The van der Waals surface area contributed by atoms with Gasteiger partial charge in [0.15, 0.2) is 5.96 Å². The zero-order chi connectivity index (χ0) is 15.9. The van der Waals surface area contributed by atoms with Crippen LogP contribution in [0, 0.1) is 0 Å². The Morgan fingerprint density at radius 1 is 1.29 bits per heavy atom. The summed E-state index contributed by atoms with van der Waals surface area (Å²) in [5, 5.41) is 6.20. The smallest absolute Gasteiger partial charge is 0.357 e. The van der Waals surface area contributed by atoms with Gasteiger partial charge in [-0.3, -0.25) is 4.99 Å². The van der Waals surface area contributed by atoms with Crippen molar-refractivity contribution in [1.29, 1.82) is 0 Å². The van der Waals surface area contributed by atoms with E-state index in [1.165, 1.54) is 12.1 Å². The molecule has 0 aliphatic rings. The second-order valence-corrected chi connectivity index (χ2v) is 4.84. The van der Waals surface area contributed by atoms with Gasteiger partial charge in [-0.15, -0.1) is 0 Å². The van der Waals surface area contributed by atoms with E-state index in [0.717, 1.165) is 19.0 Å². The summed E-state index contributed by atoms with van der Waals surface area (Å²) in [6, 6.07) is 5.52. The van der Waals surface area contributed by atoms with E-state index in [9.17, 15) is 13.2 Å². The molecule has 0 aliphatic carbocycles. The van der Waals surface area contributed by atoms with Gasteiger partial charge in [0.2, 0.25) is 0 Å². The van der Waals surface area contributed by atoms with Gasteiger partial charge < -0.3 is 10.6 Å². The number of nitrogens with one attached hydrogen (secondary N) is 2. The fourth-order valence-corrected chi connectivity index (χ4v) is 1.98. The standard InChI is InChI=1S/C15H22F3N3/c1-4-20-14(19-3)21-9-8-11(2)12-6-5-7-13(10-12)15(16,17)18/h5-7,10-11H,4,8-9H2,1-3H3,(H2,19,20,21). The summed E-state index contributed by atoms with van der Waals surface area (Å²) in [4.78, 5) is 4.04. The van der Waals surface area contributed by atoms with Crippen molar-refractivity contribution < 1.29 is 13.2 Å². The van der Waals surface area contributed by atoms with Crippen LogP contribution >= 0.6 is 0 Å². The molecule has 0 amide bonds. The topological polar surface area (TPSA) is 36.4 Å². The van der Waals surface area contributed by atoms with Gasteiger partial charge in [0.25, 0.3) is 0 Å². The maximum atomic E-state index is 12.7. The third-order valence-corrected chi connectivity index (χ3v) is 3.22. The molecule has 0 saturated heterocycles. The van der Waals surface area contributed by atoms with Gasteiger partial charge in [-0.05, 0) is 30.9 Å². The van der Waals surface area contributed by atoms with Gasteiger partial charge in [-0.25, -0.2) is 0 Å². The van der Waals surface area contributed by atoms with Crippen LogP contribution in [0.4, 0.5) is 13.2 Å². The number of nitrogens with zero attached hydrogens (tertiary/aromatic N) is 1. The van der Waals surface area contributed by atoms with Crippen LogP contribution in [0.15, 0.2) is 29.3 Å². The Morgan fingerprint density at radius 2 is 2.00 bits per heavy atom. The highest BCUT2D eigenvalue weighted by Crippen LogP contribution is 2.31. The molecule has 0 aliphatic heterocycles. The average Bonchev–Trinajstić information content (AvgIpc) is 2.45. The Labute approximate surface area is 123 Å². The highest BCUT2D eigenvalue weighted by Gasteiger charge is 2.30. The summed E-state index contributed by atoms with van der Waals surface area (Å²) in [5.41, 5.74) is 0.105. The van der Waals surface area contributed by atoms with Gasteiger partial charge in [-0.1, -0.05) is 25.1 Å². The first kappa shape index (κ1) is 17.3. The molecule has 1 atom stereocenters. The van der Waals surface area contributed by atoms with E-state index in [-0.39, 0.29) is 5.92 Å². The summed E-state index contributed by atoms with van der Waals surface area (Å²) in [7, 11) is 1.68. The van der Waals surface area contributed by atoms with Gasteiger partial charge in [0.05, 0.1) is 5.56 Å². The molecular weight excluding hydrogens is 279 g/mol. The molecule has 1 unspecified atom stereocenters. The maximum Gasteiger partial charge on any atom is 0.416 e. The highest BCUT2D eigenvalue weighted by atomic mass is 19.4. The van der Waals surface area contributed by atoms with Crippen molar-refractivity contribution in [3.63, 3.8) is 0 Å². The molecule has 0 radical (unpaired) electrons. The molecule has 0 fully saturated rings. The lowest BCUT2D eigenvalue weighted by atomic mass is 9.96. The Kier molecular flexibility index (Phi) is 6.52. The molecular formula is C15H22F3N3. The Bertz CT molecular complexity index is 469. The SMILES string of the molecule is CCNC(=NC)NCCC(C)c1cccc(C(F)(F)F)c1. The molecule has 118 valence electrons. The predicted molar refractivity (Wildman–Crippen MR) is 79.5 cm³/mol. The first-order valence-corrected chi connectivity index (χ1v) is 7.00. The van der Waals surface area contributed by atoms with Crippen LogP contribution in [-0.4, -0.2) is 26.1 Å². The minimum Gasteiger partial charge on any atom is -0.357 e.